The smallest absolute Gasteiger partial charge is 0.410 e. The number of likely N-dealkylation sites (tertiary alicyclic amines) is 2. The maximum absolute atomic E-state index is 12.3. The van der Waals surface area contributed by atoms with Crippen LogP contribution in [0.15, 0.2) is 0 Å². The van der Waals surface area contributed by atoms with Gasteiger partial charge in [0.2, 0.25) is 5.91 Å². The van der Waals surface area contributed by atoms with Gasteiger partial charge in [0.05, 0.1) is 0 Å². The lowest BCUT2D eigenvalue weighted by atomic mass is 9.96. The Labute approximate surface area is 161 Å². The number of carbonyl (C=O) groups is 3. The molecule has 0 saturated carbocycles. The van der Waals surface area contributed by atoms with Gasteiger partial charge < -0.3 is 25.0 Å². The van der Waals surface area contributed by atoms with Gasteiger partial charge in [0.25, 0.3) is 0 Å². The van der Waals surface area contributed by atoms with Crippen LogP contribution in [0.1, 0.15) is 58.3 Å². The van der Waals surface area contributed by atoms with Crippen LogP contribution in [0.3, 0.4) is 0 Å². The minimum Gasteiger partial charge on any atom is -0.465 e. The van der Waals surface area contributed by atoms with Crippen molar-refractivity contribution >= 4 is 18.1 Å². The molecule has 0 spiro atoms. The number of ether oxygens (including phenoxy) is 1. The summed E-state index contributed by atoms with van der Waals surface area (Å²) >= 11 is 0. The molecule has 0 aromatic rings. The van der Waals surface area contributed by atoms with Crippen molar-refractivity contribution < 1.29 is 24.2 Å². The van der Waals surface area contributed by atoms with Gasteiger partial charge in [-0.05, 0) is 19.3 Å². The standard InChI is InChI=1S/C19H33N3O5/c1-2-3-4-5-10-20-17(23)15-6-11-22(12-7-15)19(26)27-16-8-13-21(14-9-16)18(24)25/h15-16H,2-14H2,1H3,(H,20,23)(H,24,25). The predicted octanol–water partition coefficient (Wildman–Crippen LogP) is 2.67. The molecule has 0 unspecified atom stereocenters. The molecule has 0 atom stereocenters. The first-order valence-electron chi connectivity index (χ1n) is 10.2. The number of hydrogen-bond acceptors (Lipinski definition) is 4. The Hall–Kier alpha value is -1.99. The van der Waals surface area contributed by atoms with E-state index in [9.17, 15) is 14.4 Å². The van der Waals surface area contributed by atoms with Crippen LogP contribution in [0, 0.1) is 5.92 Å². The van der Waals surface area contributed by atoms with E-state index < -0.39 is 6.09 Å². The van der Waals surface area contributed by atoms with Crippen LogP contribution in [0.2, 0.25) is 0 Å². The first-order valence-corrected chi connectivity index (χ1v) is 10.2. The molecule has 0 aromatic heterocycles. The van der Waals surface area contributed by atoms with Gasteiger partial charge in [-0.1, -0.05) is 26.2 Å². The van der Waals surface area contributed by atoms with E-state index in [1.54, 1.807) is 4.90 Å². The second-order valence-corrected chi connectivity index (χ2v) is 7.47. The van der Waals surface area contributed by atoms with Gasteiger partial charge in [-0.15, -0.1) is 0 Å². The number of carbonyl (C=O) groups excluding carboxylic acids is 2. The van der Waals surface area contributed by atoms with E-state index in [2.05, 4.69) is 12.2 Å². The maximum Gasteiger partial charge on any atom is 0.410 e. The van der Waals surface area contributed by atoms with Crippen LogP contribution in [-0.4, -0.2) is 71.8 Å². The SMILES string of the molecule is CCCCCCNC(=O)C1CCN(C(=O)OC2CCN(C(=O)O)CC2)CC1. The molecule has 3 amide bonds. The maximum atomic E-state index is 12.3. The van der Waals surface area contributed by atoms with Crippen LogP contribution in [-0.2, 0) is 9.53 Å². The van der Waals surface area contributed by atoms with Crippen molar-refractivity contribution in [3.05, 3.63) is 0 Å². The topological polar surface area (TPSA) is 99.2 Å². The minimum atomic E-state index is -0.925. The normalized spacial score (nSPS) is 19.0. The Morgan fingerprint density at radius 2 is 1.59 bits per heavy atom. The molecule has 2 rings (SSSR count). The molecular weight excluding hydrogens is 350 g/mol. The van der Waals surface area contributed by atoms with Gasteiger partial charge in [-0.2, -0.15) is 0 Å². The van der Waals surface area contributed by atoms with Crippen molar-refractivity contribution in [1.82, 2.24) is 15.1 Å². The highest BCUT2D eigenvalue weighted by Gasteiger charge is 2.30. The van der Waals surface area contributed by atoms with E-state index >= 15 is 0 Å². The van der Waals surface area contributed by atoms with Crippen LogP contribution in [0.25, 0.3) is 0 Å². The zero-order chi connectivity index (χ0) is 19.6. The summed E-state index contributed by atoms with van der Waals surface area (Å²) in [5.41, 5.74) is 0. The third-order valence-electron chi connectivity index (χ3n) is 5.43. The number of nitrogens with zero attached hydrogens (tertiary/aromatic N) is 2. The zero-order valence-electron chi connectivity index (χ0n) is 16.3. The molecule has 8 heteroatoms. The zero-order valence-corrected chi connectivity index (χ0v) is 16.3. The molecular formula is C19H33N3O5. The number of amides is 3. The molecule has 8 nitrogen and oxygen atoms in total. The predicted molar refractivity (Wildman–Crippen MR) is 101 cm³/mol. The van der Waals surface area contributed by atoms with Crippen LogP contribution < -0.4 is 5.32 Å². The fraction of sp³-hybridized carbons (Fsp3) is 0.842. The van der Waals surface area contributed by atoms with Gasteiger partial charge in [-0.25, -0.2) is 9.59 Å². The lowest BCUT2D eigenvalue weighted by Crippen LogP contribution is -2.46. The van der Waals surface area contributed by atoms with Crippen molar-refractivity contribution in [2.24, 2.45) is 5.92 Å². The van der Waals surface area contributed by atoms with Crippen molar-refractivity contribution in [2.75, 3.05) is 32.7 Å². The second kappa shape index (κ2) is 11.0. The Morgan fingerprint density at radius 1 is 0.963 bits per heavy atom. The lowest BCUT2D eigenvalue weighted by Gasteiger charge is -2.34. The Kier molecular flexibility index (Phi) is 8.67. The number of nitrogens with one attached hydrogen (secondary N) is 1. The van der Waals surface area contributed by atoms with Crippen LogP contribution >= 0.6 is 0 Å². The van der Waals surface area contributed by atoms with Gasteiger partial charge in [0, 0.05) is 51.5 Å². The van der Waals surface area contributed by atoms with Crippen molar-refractivity contribution in [3.63, 3.8) is 0 Å². The van der Waals surface area contributed by atoms with Gasteiger partial charge in [0.1, 0.15) is 6.10 Å². The van der Waals surface area contributed by atoms with Crippen molar-refractivity contribution in [1.29, 1.82) is 0 Å². The van der Waals surface area contributed by atoms with E-state index in [-0.39, 0.29) is 24.0 Å². The molecule has 2 aliphatic heterocycles. The molecule has 2 fully saturated rings. The van der Waals surface area contributed by atoms with Crippen LogP contribution in [0.4, 0.5) is 9.59 Å². The number of rotatable bonds is 7. The Morgan fingerprint density at radius 3 is 2.19 bits per heavy atom. The van der Waals surface area contributed by atoms with E-state index in [0.29, 0.717) is 51.9 Å². The summed E-state index contributed by atoms with van der Waals surface area (Å²) in [5.74, 6) is 0.0691. The largest absolute Gasteiger partial charge is 0.465 e. The highest BCUT2D eigenvalue weighted by Crippen LogP contribution is 2.20. The molecule has 154 valence electrons. The van der Waals surface area contributed by atoms with Gasteiger partial charge in [0.15, 0.2) is 0 Å². The molecule has 2 aliphatic rings. The summed E-state index contributed by atoms with van der Waals surface area (Å²) in [5, 5.41) is 12.0. The number of unbranched alkanes of at least 4 members (excludes halogenated alkanes) is 3. The monoisotopic (exact) mass is 383 g/mol. The van der Waals surface area contributed by atoms with Gasteiger partial charge >= 0.3 is 12.2 Å². The summed E-state index contributed by atoms with van der Waals surface area (Å²) < 4.78 is 5.52. The molecule has 0 aromatic carbocycles. The Bertz CT molecular complexity index is 498. The number of carboxylic acid groups (broad SMARTS) is 1. The quantitative estimate of drug-likeness (QED) is 0.659. The first-order chi connectivity index (χ1) is 13.0. The Balaban J connectivity index is 1.62. The molecule has 2 heterocycles. The number of piperidine rings is 2. The summed E-state index contributed by atoms with van der Waals surface area (Å²) in [4.78, 5) is 38.4. The second-order valence-electron chi connectivity index (χ2n) is 7.47. The van der Waals surface area contributed by atoms with E-state index in [1.807, 2.05) is 0 Å². The molecule has 2 N–H and O–H groups in total. The molecule has 27 heavy (non-hydrogen) atoms. The fourth-order valence-electron chi connectivity index (χ4n) is 3.61. The third-order valence-corrected chi connectivity index (χ3v) is 5.43. The highest BCUT2D eigenvalue weighted by molar-refractivity contribution is 5.79. The van der Waals surface area contributed by atoms with Crippen molar-refractivity contribution in [3.8, 4) is 0 Å². The fourth-order valence-corrected chi connectivity index (χ4v) is 3.61. The highest BCUT2D eigenvalue weighted by atomic mass is 16.6. The van der Waals surface area contributed by atoms with E-state index in [1.165, 1.54) is 17.7 Å². The van der Waals surface area contributed by atoms with Gasteiger partial charge in [-0.3, -0.25) is 4.79 Å². The summed E-state index contributed by atoms with van der Waals surface area (Å²) in [6.07, 6.45) is 5.44. The third kappa shape index (κ3) is 6.92. The first kappa shape index (κ1) is 21.3. The summed E-state index contributed by atoms with van der Waals surface area (Å²) in [7, 11) is 0. The van der Waals surface area contributed by atoms with E-state index in [4.69, 9.17) is 9.84 Å². The molecule has 0 bridgehead atoms. The number of hydrogen-bond donors (Lipinski definition) is 2. The van der Waals surface area contributed by atoms with E-state index in [0.717, 1.165) is 19.4 Å². The average molecular weight is 383 g/mol. The molecule has 2 saturated heterocycles. The minimum absolute atomic E-state index is 0.0287. The molecule has 0 aliphatic carbocycles. The van der Waals surface area contributed by atoms with Crippen LogP contribution in [0.5, 0.6) is 0 Å². The summed E-state index contributed by atoms with van der Waals surface area (Å²) in [6, 6.07) is 0. The average Bonchev–Trinajstić information content (AvgIpc) is 2.68. The summed E-state index contributed by atoms with van der Waals surface area (Å²) in [6.45, 7) is 4.75. The molecule has 0 radical (unpaired) electrons. The van der Waals surface area contributed by atoms with Crippen molar-refractivity contribution in [2.45, 2.75) is 64.4 Å². The lowest BCUT2D eigenvalue weighted by molar-refractivity contribution is -0.126.